The number of ketones is 1. The van der Waals surface area contributed by atoms with Crippen LogP contribution >= 0.6 is 11.6 Å². The van der Waals surface area contributed by atoms with Gasteiger partial charge in [0.25, 0.3) is 0 Å². The molecule has 1 heterocycles. The van der Waals surface area contributed by atoms with E-state index in [1.165, 1.54) is 12.2 Å². The Morgan fingerprint density at radius 2 is 2.15 bits per heavy atom. The highest BCUT2D eigenvalue weighted by atomic mass is 35.5. The molecule has 0 aromatic heterocycles. The van der Waals surface area contributed by atoms with Gasteiger partial charge in [-0.05, 0) is 29.8 Å². The zero-order valence-electron chi connectivity index (χ0n) is 11.0. The second kappa shape index (κ2) is 6.48. The number of methoxy groups -OCH3 is 1. The van der Waals surface area contributed by atoms with E-state index in [4.69, 9.17) is 16.3 Å². The highest BCUT2D eigenvalue weighted by molar-refractivity contribution is 6.18. The standard InChI is InChI=1S/C15H16ClNO3/c1-20-11-5-2-10(3-6-11)4-7-14(18)12-8-15(19)17-13(12)9-16/h2-8,12-13,17,19H,9H2,1H3/b7-4+. The number of hydrogen-bond acceptors (Lipinski definition) is 4. The van der Waals surface area contributed by atoms with Crippen LogP contribution in [0.25, 0.3) is 6.08 Å². The van der Waals surface area contributed by atoms with Crippen molar-refractivity contribution in [3.05, 3.63) is 47.9 Å². The van der Waals surface area contributed by atoms with E-state index in [-0.39, 0.29) is 23.6 Å². The van der Waals surface area contributed by atoms with E-state index in [9.17, 15) is 9.90 Å². The summed E-state index contributed by atoms with van der Waals surface area (Å²) in [6.07, 6.45) is 4.73. The summed E-state index contributed by atoms with van der Waals surface area (Å²) < 4.78 is 5.07. The highest BCUT2D eigenvalue weighted by Crippen LogP contribution is 2.19. The van der Waals surface area contributed by atoms with Crippen molar-refractivity contribution in [1.29, 1.82) is 0 Å². The first kappa shape index (κ1) is 14.5. The Kier molecular flexibility index (Phi) is 4.69. The minimum atomic E-state index is -0.429. The number of aliphatic hydroxyl groups excluding tert-OH is 1. The molecule has 1 aliphatic rings. The Hall–Kier alpha value is -1.94. The van der Waals surface area contributed by atoms with E-state index in [0.29, 0.717) is 0 Å². The van der Waals surface area contributed by atoms with Gasteiger partial charge in [-0.2, -0.15) is 0 Å². The summed E-state index contributed by atoms with van der Waals surface area (Å²) in [5.74, 6) is 0.508. The number of nitrogens with one attached hydrogen (secondary N) is 1. The molecule has 1 aliphatic heterocycles. The maximum absolute atomic E-state index is 12.1. The lowest BCUT2D eigenvalue weighted by Crippen LogP contribution is -2.33. The van der Waals surface area contributed by atoms with Crippen molar-refractivity contribution in [2.24, 2.45) is 5.92 Å². The molecule has 1 aromatic carbocycles. The van der Waals surface area contributed by atoms with E-state index in [0.717, 1.165) is 11.3 Å². The van der Waals surface area contributed by atoms with E-state index >= 15 is 0 Å². The van der Waals surface area contributed by atoms with Gasteiger partial charge >= 0.3 is 0 Å². The number of rotatable bonds is 5. The molecule has 5 heteroatoms. The molecular weight excluding hydrogens is 278 g/mol. The van der Waals surface area contributed by atoms with Gasteiger partial charge in [0.15, 0.2) is 11.7 Å². The molecule has 0 fully saturated rings. The third-order valence-corrected chi connectivity index (χ3v) is 3.49. The van der Waals surface area contributed by atoms with Crippen LogP contribution in [-0.2, 0) is 4.79 Å². The first-order chi connectivity index (χ1) is 9.63. The molecule has 2 rings (SSSR count). The average molecular weight is 294 g/mol. The minimum Gasteiger partial charge on any atom is -0.497 e. The molecule has 4 nitrogen and oxygen atoms in total. The lowest BCUT2D eigenvalue weighted by atomic mass is 9.98. The van der Waals surface area contributed by atoms with Gasteiger partial charge in [-0.3, -0.25) is 4.79 Å². The van der Waals surface area contributed by atoms with Crippen molar-refractivity contribution in [1.82, 2.24) is 5.32 Å². The molecule has 20 heavy (non-hydrogen) atoms. The van der Waals surface area contributed by atoms with E-state index in [1.807, 2.05) is 24.3 Å². The minimum absolute atomic E-state index is 0.00634. The van der Waals surface area contributed by atoms with Gasteiger partial charge in [-0.25, -0.2) is 0 Å². The van der Waals surface area contributed by atoms with Gasteiger partial charge in [0, 0.05) is 5.88 Å². The quantitative estimate of drug-likeness (QED) is 0.647. The van der Waals surface area contributed by atoms with Crippen LogP contribution in [0.15, 0.2) is 42.3 Å². The van der Waals surface area contributed by atoms with Crippen molar-refractivity contribution in [2.75, 3.05) is 13.0 Å². The number of hydrogen-bond donors (Lipinski definition) is 2. The summed E-state index contributed by atoms with van der Waals surface area (Å²) in [5, 5.41) is 12.2. The predicted molar refractivity (Wildman–Crippen MR) is 78.9 cm³/mol. The van der Waals surface area contributed by atoms with Gasteiger partial charge in [0.1, 0.15) is 5.75 Å². The maximum Gasteiger partial charge on any atom is 0.181 e. The largest absolute Gasteiger partial charge is 0.497 e. The van der Waals surface area contributed by atoms with Crippen LogP contribution in [0, 0.1) is 5.92 Å². The molecular formula is C15H16ClNO3. The van der Waals surface area contributed by atoms with E-state index in [2.05, 4.69) is 5.32 Å². The van der Waals surface area contributed by atoms with Crippen LogP contribution < -0.4 is 10.1 Å². The molecule has 2 atom stereocenters. The van der Waals surface area contributed by atoms with Crippen LogP contribution in [0.2, 0.25) is 0 Å². The molecule has 0 bridgehead atoms. The number of alkyl halides is 1. The summed E-state index contributed by atoms with van der Waals surface area (Å²) in [7, 11) is 1.60. The molecule has 0 radical (unpaired) electrons. The molecule has 1 aromatic rings. The third-order valence-electron chi connectivity index (χ3n) is 3.15. The fourth-order valence-corrected chi connectivity index (χ4v) is 2.30. The summed E-state index contributed by atoms with van der Waals surface area (Å²) in [6.45, 7) is 0. The second-order valence-corrected chi connectivity index (χ2v) is 4.80. The zero-order valence-corrected chi connectivity index (χ0v) is 11.8. The van der Waals surface area contributed by atoms with Gasteiger partial charge in [0.05, 0.1) is 19.1 Å². The van der Waals surface area contributed by atoms with Gasteiger partial charge in [-0.15, -0.1) is 11.6 Å². The van der Waals surface area contributed by atoms with Crippen molar-refractivity contribution in [3.8, 4) is 5.75 Å². The van der Waals surface area contributed by atoms with Crippen LogP contribution in [0.4, 0.5) is 0 Å². The lowest BCUT2D eigenvalue weighted by molar-refractivity contribution is -0.117. The number of halogens is 1. The Morgan fingerprint density at radius 1 is 1.45 bits per heavy atom. The Balaban J connectivity index is 2.04. The molecule has 0 saturated heterocycles. The zero-order chi connectivity index (χ0) is 14.5. The van der Waals surface area contributed by atoms with Gasteiger partial charge in [0.2, 0.25) is 0 Å². The van der Waals surface area contributed by atoms with Crippen LogP contribution in [-0.4, -0.2) is 29.9 Å². The number of carbonyl (C=O) groups excluding carboxylic acids is 1. The molecule has 2 unspecified atom stereocenters. The smallest absolute Gasteiger partial charge is 0.181 e. The fraction of sp³-hybridized carbons (Fsp3) is 0.267. The highest BCUT2D eigenvalue weighted by Gasteiger charge is 2.30. The van der Waals surface area contributed by atoms with Gasteiger partial charge < -0.3 is 15.2 Å². The van der Waals surface area contributed by atoms with Crippen molar-refractivity contribution in [2.45, 2.75) is 6.04 Å². The Morgan fingerprint density at radius 3 is 2.75 bits per heavy atom. The fourth-order valence-electron chi connectivity index (χ4n) is 2.03. The van der Waals surface area contributed by atoms with Crippen LogP contribution in [0.3, 0.4) is 0 Å². The average Bonchev–Trinajstić information content (AvgIpc) is 2.86. The number of benzene rings is 1. The first-order valence-electron chi connectivity index (χ1n) is 6.23. The Bertz CT molecular complexity index is 537. The third kappa shape index (κ3) is 3.33. The Labute approximate surface area is 122 Å². The van der Waals surface area contributed by atoms with E-state index < -0.39 is 5.92 Å². The maximum atomic E-state index is 12.1. The number of carbonyl (C=O) groups is 1. The molecule has 0 saturated carbocycles. The SMILES string of the molecule is COc1ccc(/C=C/C(=O)C2C=C(O)NC2CCl)cc1. The molecule has 0 spiro atoms. The van der Waals surface area contributed by atoms with Gasteiger partial charge in [-0.1, -0.05) is 18.2 Å². The molecule has 0 aliphatic carbocycles. The van der Waals surface area contributed by atoms with Crippen molar-refractivity contribution in [3.63, 3.8) is 0 Å². The summed E-state index contributed by atoms with van der Waals surface area (Å²) in [5.41, 5.74) is 0.903. The number of allylic oxidation sites excluding steroid dienone is 1. The van der Waals surface area contributed by atoms with Crippen molar-refractivity contribution >= 4 is 23.5 Å². The monoisotopic (exact) mass is 293 g/mol. The molecule has 0 amide bonds. The lowest BCUT2D eigenvalue weighted by Gasteiger charge is -2.13. The number of aliphatic hydroxyl groups is 1. The first-order valence-corrected chi connectivity index (χ1v) is 6.76. The molecule has 106 valence electrons. The molecule has 2 N–H and O–H groups in total. The second-order valence-electron chi connectivity index (χ2n) is 4.49. The van der Waals surface area contributed by atoms with Crippen LogP contribution in [0.5, 0.6) is 5.75 Å². The topological polar surface area (TPSA) is 58.6 Å². The number of ether oxygens (including phenoxy) is 1. The van der Waals surface area contributed by atoms with Crippen LogP contribution in [0.1, 0.15) is 5.56 Å². The summed E-state index contributed by atoms with van der Waals surface area (Å²) >= 11 is 5.77. The summed E-state index contributed by atoms with van der Waals surface area (Å²) in [4.78, 5) is 12.1. The predicted octanol–water partition coefficient (Wildman–Crippen LogP) is 2.50. The normalized spacial score (nSPS) is 21.6. The van der Waals surface area contributed by atoms with E-state index in [1.54, 1.807) is 13.2 Å². The summed E-state index contributed by atoms with van der Waals surface area (Å²) in [6, 6.07) is 7.12. The van der Waals surface area contributed by atoms with Crippen molar-refractivity contribution < 1.29 is 14.6 Å².